The number of hydrogen-bond donors (Lipinski definition) is 1. The molecule has 1 amide bonds. The minimum atomic E-state index is -0.298. The number of nitrogens with zero attached hydrogens (tertiary/aromatic N) is 1. The Morgan fingerprint density at radius 1 is 1.33 bits per heavy atom. The number of nitrogens with two attached hydrogens (primary N) is 1. The van der Waals surface area contributed by atoms with E-state index in [1.807, 2.05) is 4.58 Å². The molecule has 1 heterocycles. The molecule has 0 saturated carbocycles. The first-order valence-corrected chi connectivity index (χ1v) is 5.85. The smallest absolute Gasteiger partial charge is 0.283 e. The van der Waals surface area contributed by atoms with Gasteiger partial charge in [-0.15, -0.1) is 0 Å². The van der Waals surface area contributed by atoms with E-state index in [2.05, 4.69) is 45.9 Å². The van der Waals surface area contributed by atoms with Gasteiger partial charge in [-0.2, -0.15) is 4.58 Å². The van der Waals surface area contributed by atoms with Gasteiger partial charge in [-0.05, 0) is 26.8 Å². The van der Waals surface area contributed by atoms with Gasteiger partial charge < -0.3 is 18.1 Å². The van der Waals surface area contributed by atoms with E-state index in [1.165, 1.54) is 16.8 Å². The molecule has 0 bridgehead atoms. The van der Waals surface area contributed by atoms with E-state index in [0.717, 1.165) is 5.69 Å². The van der Waals surface area contributed by atoms with Crippen molar-refractivity contribution in [1.82, 2.24) is 0 Å². The predicted octanol–water partition coefficient (Wildman–Crippen LogP) is -1.12. The SMILES string of the molecule is CC1=[N+](CC(N)=O)c2ccc(C)cc2C1(C)C.[Cl-]. The van der Waals surface area contributed by atoms with E-state index in [1.54, 1.807) is 0 Å². The second-order valence-electron chi connectivity index (χ2n) is 5.28. The van der Waals surface area contributed by atoms with E-state index >= 15 is 0 Å². The lowest BCUT2D eigenvalue weighted by Crippen LogP contribution is -3.00. The fourth-order valence-electron chi connectivity index (χ4n) is 2.46. The number of benzene rings is 1. The highest BCUT2D eigenvalue weighted by atomic mass is 35.5. The molecule has 0 saturated heterocycles. The summed E-state index contributed by atoms with van der Waals surface area (Å²) in [6.07, 6.45) is 0. The largest absolute Gasteiger partial charge is 1.00 e. The summed E-state index contributed by atoms with van der Waals surface area (Å²) in [6, 6.07) is 6.34. The van der Waals surface area contributed by atoms with E-state index in [4.69, 9.17) is 5.73 Å². The fraction of sp³-hybridized carbons (Fsp3) is 0.429. The molecule has 0 fully saturated rings. The van der Waals surface area contributed by atoms with Gasteiger partial charge in [0, 0.05) is 18.6 Å². The molecule has 4 heteroatoms. The van der Waals surface area contributed by atoms with Gasteiger partial charge in [0.05, 0.1) is 5.41 Å². The van der Waals surface area contributed by atoms with Gasteiger partial charge in [0.25, 0.3) is 5.91 Å². The zero-order valence-electron chi connectivity index (χ0n) is 11.2. The number of hydrogen-bond acceptors (Lipinski definition) is 1. The molecule has 0 aromatic heterocycles. The Kier molecular flexibility index (Phi) is 3.86. The normalized spacial score (nSPS) is 16.2. The quantitative estimate of drug-likeness (QED) is 0.678. The maximum absolute atomic E-state index is 11.2. The first-order valence-electron chi connectivity index (χ1n) is 5.85. The van der Waals surface area contributed by atoms with Crippen LogP contribution in [-0.2, 0) is 10.2 Å². The molecule has 1 aliphatic heterocycles. The predicted molar refractivity (Wildman–Crippen MR) is 68.9 cm³/mol. The number of primary amides is 1. The summed E-state index contributed by atoms with van der Waals surface area (Å²) < 4.78 is 2.02. The van der Waals surface area contributed by atoms with Crippen LogP contribution in [0.2, 0.25) is 0 Å². The van der Waals surface area contributed by atoms with Crippen molar-refractivity contribution in [3.63, 3.8) is 0 Å². The number of aryl methyl sites for hydroxylation is 1. The second-order valence-corrected chi connectivity index (χ2v) is 5.28. The van der Waals surface area contributed by atoms with Crippen molar-refractivity contribution >= 4 is 17.3 Å². The molecule has 0 radical (unpaired) electrons. The minimum absolute atomic E-state index is 0. The molecule has 18 heavy (non-hydrogen) atoms. The molecule has 98 valence electrons. The van der Waals surface area contributed by atoms with Gasteiger partial charge in [0.1, 0.15) is 0 Å². The molecule has 0 atom stereocenters. The fourth-order valence-corrected chi connectivity index (χ4v) is 2.46. The number of fused-ring (bicyclic) bond motifs is 1. The lowest BCUT2D eigenvalue weighted by molar-refractivity contribution is -0.426. The van der Waals surface area contributed by atoms with Gasteiger partial charge in [0.15, 0.2) is 5.71 Å². The summed E-state index contributed by atoms with van der Waals surface area (Å²) in [4.78, 5) is 11.2. The number of amides is 1. The Labute approximate surface area is 114 Å². The third-order valence-electron chi connectivity index (χ3n) is 3.74. The molecular formula is C14H19ClN2O. The summed E-state index contributed by atoms with van der Waals surface area (Å²) in [7, 11) is 0. The molecule has 3 nitrogen and oxygen atoms in total. The highest BCUT2D eigenvalue weighted by molar-refractivity contribution is 5.94. The van der Waals surface area contributed by atoms with Crippen molar-refractivity contribution in [3.05, 3.63) is 29.3 Å². The Hall–Kier alpha value is -1.35. The molecule has 0 aliphatic carbocycles. The van der Waals surface area contributed by atoms with Crippen LogP contribution in [0.25, 0.3) is 0 Å². The van der Waals surface area contributed by atoms with E-state index in [-0.39, 0.29) is 30.3 Å². The van der Waals surface area contributed by atoms with Crippen molar-refractivity contribution in [2.45, 2.75) is 33.1 Å². The zero-order chi connectivity index (χ0) is 12.8. The Morgan fingerprint density at radius 2 is 1.94 bits per heavy atom. The molecular weight excluding hydrogens is 248 g/mol. The van der Waals surface area contributed by atoms with Gasteiger partial charge in [0.2, 0.25) is 12.2 Å². The van der Waals surface area contributed by atoms with Crippen LogP contribution in [0.15, 0.2) is 18.2 Å². The number of halogens is 1. The van der Waals surface area contributed by atoms with Crippen molar-refractivity contribution < 1.29 is 21.8 Å². The van der Waals surface area contributed by atoms with Crippen LogP contribution >= 0.6 is 0 Å². The lowest BCUT2D eigenvalue weighted by Gasteiger charge is -2.15. The first-order chi connectivity index (χ1) is 7.84. The third kappa shape index (κ3) is 2.15. The summed E-state index contributed by atoms with van der Waals surface area (Å²) in [5.41, 5.74) is 10.1. The van der Waals surface area contributed by atoms with Crippen LogP contribution in [-0.4, -0.2) is 22.7 Å². The maximum atomic E-state index is 11.2. The highest BCUT2D eigenvalue weighted by Crippen LogP contribution is 2.39. The Bertz CT molecular complexity index is 533. The van der Waals surface area contributed by atoms with Crippen molar-refractivity contribution in [2.75, 3.05) is 6.54 Å². The summed E-state index contributed by atoms with van der Waals surface area (Å²) >= 11 is 0. The van der Waals surface area contributed by atoms with Crippen LogP contribution in [0.4, 0.5) is 5.69 Å². The van der Waals surface area contributed by atoms with Crippen LogP contribution in [0, 0.1) is 6.92 Å². The van der Waals surface area contributed by atoms with Crippen molar-refractivity contribution in [2.24, 2.45) is 5.73 Å². The monoisotopic (exact) mass is 266 g/mol. The second kappa shape index (κ2) is 4.73. The number of carbonyl (C=O) groups is 1. The van der Waals surface area contributed by atoms with Crippen LogP contribution in [0.3, 0.4) is 0 Å². The molecule has 1 aromatic rings. The third-order valence-corrected chi connectivity index (χ3v) is 3.74. The summed E-state index contributed by atoms with van der Waals surface area (Å²) in [5, 5.41) is 0. The average molecular weight is 267 g/mol. The number of carbonyl (C=O) groups excluding carboxylic acids is 1. The molecule has 0 unspecified atom stereocenters. The molecule has 1 aliphatic rings. The van der Waals surface area contributed by atoms with Crippen molar-refractivity contribution in [3.8, 4) is 0 Å². The van der Waals surface area contributed by atoms with E-state index in [9.17, 15) is 4.79 Å². The van der Waals surface area contributed by atoms with Crippen molar-refractivity contribution in [1.29, 1.82) is 0 Å². The van der Waals surface area contributed by atoms with Crippen LogP contribution in [0.1, 0.15) is 31.9 Å². The average Bonchev–Trinajstić information content (AvgIpc) is 2.40. The highest BCUT2D eigenvalue weighted by Gasteiger charge is 2.43. The van der Waals surface area contributed by atoms with Crippen LogP contribution in [0.5, 0.6) is 0 Å². The van der Waals surface area contributed by atoms with Gasteiger partial charge >= 0.3 is 0 Å². The Balaban J connectivity index is 0.00000162. The first kappa shape index (κ1) is 14.7. The lowest BCUT2D eigenvalue weighted by atomic mass is 9.82. The van der Waals surface area contributed by atoms with Gasteiger partial charge in [-0.3, -0.25) is 4.79 Å². The van der Waals surface area contributed by atoms with Crippen LogP contribution < -0.4 is 18.1 Å². The minimum Gasteiger partial charge on any atom is -1.00 e. The van der Waals surface area contributed by atoms with Gasteiger partial charge in [-0.25, -0.2) is 0 Å². The molecule has 2 rings (SSSR count). The topological polar surface area (TPSA) is 46.1 Å². The summed E-state index contributed by atoms with van der Waals surface area (Å²) in [6.45, 7) is 8.77. The molecule has 2 N–H and O–H groups in total. The molecule has 0 spiro atoms. The Morgan fingerprint density at radius 3 is 2.50 bits per heavy atom. The van der Waals surface area contributed by atoms with Gasteiger partial charge in [-0.1, -0.05) is 11.6 Å². The molecule has 1 aromatic carbocycles. The summed E-state index contributed by atoms with van der Waals surface area (Å²) in [5.74, 6) is -0.298. The maximum Gasteiger partial charge on any atom is 0.283 e. The standard InChI is InChI=1S/C14H18N2O.ClH/c1-9-5-6-12-11(7-9)14(3,4)10(2)16(12)8-13(15)17;/h5-7H,8H2,1-4H3,(H-,15,17);1H. The number of rotatable bonds is 2. The van der Waals surface area contributed by atoms with E-state index < -0.39 is 0 Å². The van der Waals surface area contributed by atoms with E-state index in [0.29, 0.717) is 0 Å². The zero-order valence-corrected chi connectivity index (χ0v) is 12.0.